The number of fused-ring (bicyclic) bond motifs is 1. The summed E-state index contributed by atoms with van der Waals surface area (Å²) < 4.78 is 0. The zero-order valence-corrected chi connectivity index (χ0v) is 63.9. The summed E-state index contributed by atoms with van der Waals surface area (Å²) >= 11 is 0.954. The fraction of sp³-hybridized carbons (Fsp3) is 0.623. The molecule has 0 saturated carbocycles. The van der Waals surface area contributed by atoms with E-state index in [1.807, 2.05) is 0 Å². The molecule has 2 aromatic heterocycles. The highest BCUT2D eigenvalue weighted by atomic mass is 32.2. The zero-order valence-electron chi connectivity index (χ0n) is 63.1. The van der Waals surface area contributed by atoms with Crippen molar-refractivity contribution >= 4 is 117 Å². The number of Topliss-reactive ketones (excluding diaryl/α,β-unsaturated/α-hetero) is 3. The Morgan fingerprint density at radius 3 is 1.21 bits per heavy atom. The quantitative estimate of drug-likeness (QED) is 0.0249. The number of amides is 7. The van der Waals surface area contributed by atoms with Gasteiger partial charge in [-0.3, -0.25) is 67.3 Å². The number of anilines is 2. The van der Waals surface area contributed by atoms with Gasteiger partial charge >= 0.3 is 23.9 Å². The molecule has 1 unspecified atom stereocenters. The highest BCUT2D eigenvalue weighted by Crippen LogP contribution is 2.23. The smallest absolute Gasteiger partial charge is 0.327 e. The molecule has 0 aliphatic heterocycles. The van der Waals surface area contributed by atoms with Gasteiger partial charge in [-0.2, -0.15) is 16.7 Å². The van der Waals surface area contributed by atoms with Crippen LogP contribution in [-0.2, 0) is 68.9 Å². The van der Waals surface area contributed by atoms with Gasteiger partial charge in [0.1, 0.15) is 72.8 Å². The van der Waals surface area contributed by atoms with Crippen molar-refractivity contribution in [3.63, 3.8) is 0 Å². The highest BCUT2D eigenvalue weighted by molar-refractivity contribution is 7.98. The number of carbonyl (C=O) groups is 14. The number of hydrogen-bond acceptors (Lipinski definition) is 36. The van der Waals surface area contributed by atoms with Crippen molar-refractivity contribution in [2.45, 2.75) is 200 Å². The largest absolute Gasteiger partial charge is 0.481 e. The molecule has 0 spiro atoms. The van der Waals surface area contributed by atoms with Gasteiger partial charge in [0.15, 0.2) is 22.7 Å². The molecule has 3 rings (SSSR count). The topological polar surface area (TPSA) is 817 Å². The van der Waals surface area contributed by atoms with Crippen molar-refractivity contribution in [3.05, 3.63) is 52.1 Å². The number of aromatic amines is 1. The van der Waals surface area contributed by atoms with Crippen molar-refractivity contribution in [1.29, 1.82) is 0 Å². The van der Waals surface area contributed by atoms with Crippen LogP contribution in [0.3, 0.4) is 0 Å². The van der Waals surface area contributed by atoms with Gasteiger partial charge in [-0.1, -0.05) is 0 Å². The number of H-pyrrole nitrogens is 1. The molecular weight excluding hydrogens is 1590 g/mol. The average molecular weight is 1690 g/mol. The minimum atomic E-state index is -2.22. The van der Waals surface area contributed by atoms with Gasteiger partial charge in [-0.25, -0.2) is 19.6 Å². The number of aliphatic hydroxyl groups excluding tert-OH is 15. The third kappa shape index (κ3) is 35.4. The molecule has 0 aliphatic rings. The van der Waals surface area contributed by atoms with Crippen LogP contribution in [0.4, 0.5) is 11.6 Å². The number of nitrogens with two attached hydrogens (primary N) is 1. The van der Waals surface area contributed by atoms with Gasteiger partial charge in [0.05, 0.1) is 68.7 Å². The van der Waals surface area contributed by atoms with Crippen LogP contribution in [0.2, 0.25) is 0 Å². The lowest BCUT2D eigenvalue weighted by Gasteiger charge is -2.26. The SMILES string of the molecule is CSCC(NC(=O)[C@H](CCC(=O)NC[C@H](O)[C@@H](O)[C@H](O)[C@H](O)CO)CC(=O)[C@@H](CCC(=O)O)NC(=O)[C@H](CCC(=O)NC[C@H](O)[C@@H](O)[C@H](O)[C@H](O)CO)CC(=O)[C@@H](CCC(=O)O)NC(=O)[C@H](CCC(=O)NC[C@H](O)[C@@H](O)[C@H](O)[C@H](O)CO)CC(=O)CC[C@@H](NC(=O)c1ccc(NCc2cnc3nc(N)[nH]c(=O)c3n2)cc1)C(=O)O)C(=O)O. The van der Waals surface area contributed by atoms with Crippen molar-refractivity contribution in [1.82, 2.24) is 57.2 Å². The first-order valence-corrected chi connectivity index (χ1v) is 37.8. The molecule has 19 atom stereocenters. The Morgan fingerprint density at radius 2 is 0.838 bits per heavy atom. The number of nitrogens with zero attached hydrogens (tertiary/aromatic N) is 3. The predicted octanol–water partition coefficient (Wildman–Crippen LogP) is -10.8. The second-order valence-corrected chi connectivity index (χ2v) is 28.2. The van der Waals surface area contributed by atoms with E-state index >= 15 is 0 Å². The van der Waals surface area contributed by atoms with Gasteiger partial charge in [0, 0.05) is 112 Å². The number of aliphatic hydroxyl groups is 15. The summed E-state index contributed by atoms with van der Waals surface area (Å²) in [6.07, 6.45) is -34.9. The zero-order chi connectivity index (χ0) is 88.1. The Hall–Kier alpha value is -10.0. The Morgan fingerprint density at radius 1 is 0.462 bits per heavy atom. The number of carboxylic acid groups (broad SMARTS) is 4. The second-order valence-electron chi connectivity index (χ2n) is 27.3. The average Bonchev–Trinajstić information content (AvgIpc) is 0.812. The lowest BCUT2D eigenvalue weighted by Crippen LogP contribution is -2.50. The number of rotatable bonds is 59. The number of aromatic nitrogens is 4. The van der Waals surface area contributed by atoms with Crippen molar-refractivity contribution in [2.75, 3.05) is 62.5 Å². The van der Waals surface area contributed by atoms with E-state index in [9.17, 15) is 164 Å². The van der Waals surface area contributed by atoms with Crippen LogP contribution < -0.4 is 53.8 Å². The molecule has 0 bridgehead atoms. The molecule has 0 fully saturated rings. The standard InChI is InChI=1S/C69H103N13O34S/c1-117-29-40(68(115)116)80-65(111)33(6-15-51(97)74-25-45(91)57(104)60(107)48(94)28-85)20-42(88)38(12-17-53(100)101)78-64(110)32(5-14-50(96)73-24-44(90)56(103)59(106)47(93)27-84)19-41(87)37(11-16-52(98)99)77-63(109)31(4-13-49(95)72-23-43(89)55(102)58(105)46(92)26-83)18-36(86)9-10-39(67(113)114)79-62(108)30-2-7-34(8-3-30)71-21-35-22-75-61-54(76-35)66(112)82-69(70)81-61/h2-3,7-8,22,31-33,37-40,43-48,55-60,71,83-85,89-94,102-107H,4-6,9-21,23-29H2,1H3,(H,72,95)(H,73,96)(H,74,97)(H,77,109)(H,78,110)(H,79,108)(H,80,111)(H,98,99)(H,100,101)(H,113,114)(H,115,116)(H3,70,75,81,82,112)/t31-,32-,33-,37-,38-,39-,40?,43+,44+,45+,46-,47-,48-,55-,56-,57-,58-,59-,60-/m1/s1. The molecule has 3 aromatic rings. The predicted molar refractivity (Wildman–Crippen MR) is 399 cm³/mol. The van der Waals surface area contributed by atoms with E-state index in [0.717, 1.165) is 11.8 Å². The van der Waals surface area contributed by atoms with E-state index in [1.54, 1.807) is 0 Å². The molecule has 47 nitrogen and oxygen atoms in total. The number of nitrogens with one attached hydrogen (secondary N) is 9. The van der Waals surface area contributed by atoms with Crippen LogP contribution in [0.1, 0.15) is 112 Å². The Kier molecular flexibility index (Phi) is 44.3. The number of nitrogen functional groups attached to an aromatic ring is 1. The number of ketones is 3. The minimum absolute atomic E-state index is 0.0103. The van der Waals surface area contributed by atoms with Gasteiger partial charge in [0.25, 0.3) is 11.5 Å². The van der Waals surface area contributed by atoms with Crippen molar-refractivity contribution in [3.8, 4) is 0 Å². The van der Waals surface area contributed by atoms with E-state index in [4.69, 9.17) is 10.8 Å². The molecule has 654 valence electrons. The summed E-state index contributed by atoms with van der Waals surface area (Å²) in [5.74, 6) is -23.8. The monoisotopic (exact) mass is 1690 g/mol. The third-order valence-corrected chi connectivity index (χ3v) is 18.9. The second kappa shape index (κ2) is 51.2. The Bertz CT molecular complexity index is 3890. The normalized spacial score (nSPS) is 16.4. The number of carbonyl (C=O) groups excluding carboxylic acids is 10. The molecule has 48 heteroatoms. The van der Waals surface area contributed by atoms with E-state index in [1.165, 1.54) is 36.7 Å². The Labute approximate surface area is 668 Å². The van der Waals surface area contributed by atoms with Crippen LogP contribution in [-0.4, -0.2) is 348 Å². The summed E-state index contributed by atoms with van der Waals surface area (Å²) in [6, 6.07) is -2.04. The molecule has 0 saturated heterocycles. The molecule has 1 aromatic carbocycles. The lowest BCUT2D eigenvalue weighted by atomic mass is 9.89. The fourth-order valence-corrected chi connectivity index (χ4v) is 11.7. The van der Waals surface area contributed by atoms with Crippen molar-refractivity contribution < 1.29 is 164 Å². The number of benzene rings is 1. The summed E-state index contributed by atoms with van der Waals surface area (Å²) in [4.78, 5) is 216. The summed E-state index contributed by atoms with van der Waals surface area (Å²) in [6.45, 7) is -5.80. The van der Waals surface area contributed by atoms with E-state index in [2.05, 4.69) is 62.5 Å². The van der Waals surface area contributed by atoms with Gasteiger partial charge in [0.2, 0.25) is 41.4 Å². The number of carboxylic acids is 4. The molecule has 117 heavy (non-hydrogen) atoms. The minimum Gasteiger partial charge on any atom is -0.481 e. The summed E-state index contributed by atoms with van der Waals surface area (Å²) in [7, 11) is 0. The first-order valence-electron chi connectivity index (χ1n) is 36.4. The van der Waals surface area contributed by atoms with Gasteiger partial charge in [-0.15, -0.1) is 0 Å². The number of hydrogen-bond donors (Lipinski definition) is 29. The van der Waals surface area contributed by atoms with Gasteiger partial charge in [-0.05, 0) is 69.0 Å². The maximum absolute atomic E-state index is 14.8. The van der Waals surface area contributed by atoms with E-state index in [0.29, 0.717) is 11.4 Å². The molecule has 2 heterocycles. The maximum Gasteiger partial charge on any atom is 0.327 e. The van der Waals surface area contributed by atoms with Gasteiger partial charge < -0.3 is 145 Å². The highest BCUT2D eigenvalue weighted by Gasteiger charge is 2.38. The van der Waals surface area contributed by atoms with E-state index < -0.39 is 339 Å². The first kappa shape index (κ1) is 101. The van der Waals surface area contributed by atoms with Crippen LogP contribution in [0, 0.1) is 17.8 Å². The maximum atomic E-state index is 14.8. The van der Waals surface area contributed by atoms with Crippen molar-refractivity contribution in [2.24, 2.45) is 17.8 Å². The summed E-state index contributed by atoms with van der Waals surface area (Å²) in [5.41, 5.74) is 5.43. The molecule has 0 radical (unpaired) electrons. The lowest BCUT2D eigenvalue weighted by molar-refractivity contribution is -0.142. The van der Waals surface area contributed by atoms with Crippen LogP contribution >= 0.6 is 11.8 Å². The third-order valence-electron chi connectivity index (χ3n) is 18.2. The van der Waals surface area contributed by atoms with E-state index in [-0.39, 0.29) is 35.0 Å². The fourth-order valence-electron chi connectivity index (χ4n) is 11.2. The van der Waals surface area contributed by atoms with Crippen LogP contribution in [0.25, 0.3) is 11.2 Å². The van der Waals surface area contributed by atoms with Crippen LogP contribution in [0.5, 0.6) is 0 Å². The summed E-state index contributed by atoms with van der Waals surface area (Å²) in [5, 5.41) is 207. The Balaban J connectivity index is 2.06. The molecule has 0 aliphatic carbocycles. The molecular formula is C69H103N13O34S. The first-order chi connectivity index (χ1) is 55.0. The van der Waals surface area contributed by atoms with Crippen LogP contribution in [0.15, 0.2) is 35.3 Å². The number of aliphatic carboxylic acids is 4. The number of thioether (sulfide) groups is 1. The molecule has 7 amide bonds. The molecule has 30 N–H and O–H groups in total.